The lowest BCUT2D eigenvalue weighted by atomic mass is 10.3. The van der Waals surface area contributed by atoms with Gasteiger partial charge in [-0.05, 0) is 30.3 Å². The molecule has 122 valence electrons. The number of aromatic nitrogens is 2. The molecule has 7 heteroatoms. The van der Waals surface area contributed by atoms with Crippen molar-refractivity contribution in [2.75, 3.05) is 0 Å². The number of benzene rings is 2. The Morgan fingerprint density at radius 2 is 1.88 bits per heavy atom. The Hall–Kier alpha value is -2.86. The first kappa shape index (κ1) is 16.0. The van der Waals surface area contributed by atoms with Crippen LogP contribution >= 0.6 is 11.6 Å². The third kappa shape index (κ3) is 3.38. The molecule has 1 N–H and O–H groups in total. The van der Waals surface area contributed by atoms with Gasteiger partial charge in [-0.2, -0.15) is 0 Å². The number of para-hydroxylation sites is 1. The average molecular weight is 345 g/mol. The van der Waals surface area contributed by atoms with Crippen LogP contribution in [0.2, 0.25) is 5.02 Å². The lowest BCUT2D eigenvalue weighted by molar-refractivity contribution is -0.181. The Labute approximate surface area is 142 Å². The highest BCUT2D eigenvalue weighted by Gasteiger charge is 2.39. The number of nitrogens with zero attached hydrogens (tertiary/aromatic N) is 2. The topological polar surface area (TPSA) is 81.5 Å². The van der Waals surface area contributed by atoms with Crippen LogP contribution in [-0.4, -0.2) is 26.8 Å². The van der Waals surface area contributed by atoms with Crippen molar-refractivity contribution in [2.24, 2.45) is 0 Å². The van der Waals surface area contributed by atoms with Gasteiger partial charge in [0.25, 0.3) is 0 Å². The lowest BCUT2D eigenvalue weighted by Gasteiger charge is -2.26. The molecule has 0 saturated heterocycles. The first-order valence-corrected chi connectivity index (χ1v) is 7.43. The normalized spacial score (nSPS) is 13.2. The molecule has 1 atom stereocenters. The van der Waals surface area contributed by atoms with E-state index < -0.39 is 11.8 Å². The Kier molecular flexibility index (Phi) is 4.22. The van der Waals surface area contributed by atoms with Gasteiger partial charge in [0.1, 0.15) is 5.75 Å². The van der Waals surface area contributed by atoms with E-state index in [4.69, 9.17) is 21.1 Å². The second kappa shape index (κ2) is 6.33. The molecule has 0 aliphatic heterocycles. The summed E-state index contributed by atoms with van der Waals surface area (Å²) in [4.78, 5) is 20.0. The minimum atomic E-state index is -1.95. The maximum atomic E-state index is 11.6. The molecule has 3 rings (SSSR count). The number of fused-ring (bicyclic) bond motifs is 1. The zero-order chi connectivity index (χ0) is 17.2. The largest absolute Gasteiger partial charge is 0.475 e. The van der Waals surface area contributed by atoms with Crippen molar-refractivity contribution in [3.05, 3.63) is 59.8 Å². The molecular weight excluding hydrogens is 332 g/mol. The third-order valence-corrected chi connectivity index (χ3v) is 3.46. The van der Waals surface area contributed by atoms with Crippen LogP contribution in [0.4, 0.5) is 0 Å². The molecule has 1 heterocycles. The summed E-state index contributed by atoms with van der Waals surface area (Å²) in [6.45, 7) is 1.30. The monoisotopic (exact) mass is 344 g/mol. The van der Waals surface area contributed by atoms with Gasteiger partial charge in [-0.25, -0.2) is 14.8 Å². The molecule has 0 amide bonds. The summed E-state index contributed by atoms with van der Waals surface area (Å²) in [7, 11) is 0. The van der Waals surface area contributed by atoms with Crippen LogP contribution in [-0.2, 0) is 4.79 Å². The van der Waals surface area contributed by atoms with Crippen molar-refractivity contribution in [1.82, 2.24) is 9.97 Å². The quantitative estimate of drug-likeness (QED) is 0.713. The number of hydrogen-bond acceptors (Lipinski definition) is 5. The second-order valence-electron chi connectivity index (χ2n) is 5.11. The standard InChI is InChI=1S/C17H13ClN2O4/c1-17(16(21)22,23-12-5-3-2-4-6-12)24-15-10-19-14-9-11(18)7-8-13(14)20-15/h2-10H,1H3,(H,21,22). The number of hydrogen-bond donors (Lipinski definition) is 1. The van der Waals surface area contributed by atoms with Gasteiger partial charge in [-0.1, -0.05) is 29.8 Å². The van der Waals surface area contributed by atoms with Gasteiger partial charge in [0.15, 0.2) is 0 Å². The third-order valence-electron chi connectivity index (χ3n) is 3.23. The molecule has 0 radical (unpaired) electrons. The molecule has 6 nitrogen and oxygen atoms in total. The minimum Gasteiger partial charge on any atom is -0.475 e. The molecule has 0 bridgehead atoms. The van der Waals surface area contributed by atoms with E-state index in [2.05, 4.69) is 9.97 Å². The molecule has 0 aliphatic carbocycles. The van der Waals surface area contributed by atoms with Crippen LogP contribution in [0.3, 0.4) is 0 Å². The van der Waals surface area contributed by atoms with Crippen molar-refractivity contribution in [2.45, 2.75) is 12.7 Å². The van der Waals surface area contributed by atoms with Gasteiger partial charge >= 0.3 is 11.8 Å². The van der Waals surface area contributed by atoms with Gasteiger partial charge in [0, 0.05) is 11.9 Å². The molecule has 1 unspecified atom stereocenters. The number of rotatable bonds is 5. The van der Waals surface area contributed by atoms with Crippen molar-refractivity contribution in [1.29, 1.82) is 0 Å². The van der Waals surface area contributed by atoms with E-state index in [1.807, 2.05) is 0 Å². The van der Waals surface area contributed by atoms with Gasteiger partial charge in [0.05, 0.1) is 17.2 Å². The second-order valence-corrected chi connectivity index (χ2v) is 5.55. The van der Waals surface area contributed by atoms with E-state index in [0.29, 0.717) is 21.8 Å². The summed E-state index contributed by atoms with van der Waals surface area (Å²) in [5.74, 6) is -2.84. The SMILES string of the molecule is CC(Oc1ccccc1)(Oc1cnc2cc(Cl)ccc2n1)C(=O)O. The predicted molar refractivity (Wildman–Crippen MR) is 88.3 cm³/mol. The van der Waals surface area contributed by atoms with E-state index in [-0.39, 0.29) is 5.88 Å². The molecule has 0 spiro atoms. The van der Waals surface area contributed by atoms with Crippen LogP contribution < -0.4 is 9.47 Å². The van der Waals surface area contributed by atoms with Crippen molar-refractivity contribution < 1.29 is 19.4 Å². The number of carboxylic acid groups (broad SMARTS) is 1. The maximum absolute atomic E-state index is 11.6. The molecule has 1 aromatic heterocycles. The fraction of sp³-hybridized carbons (Fsp3) is 0.118. The highest BCUT2D eigenvalue weighted by atomic mass is 35.5. The lowest BCUT2D eigenvalue weighted by Crippen LogP contribution is -2.47. The summed E-state index contributed by atoms with van der Waals surface area (Å²) in [5.41, 5.74) is 1.11. The Bertz CT molecular complexity index is 888. The molecular formula is C17H13ClN2O4. The smallest absolute Gasteiger partial charge is 0.390 e. The van der Waals surface area contributed by atoms with Crippen molar-refractivity contribution in [3.63, 3.8) is 0 Å². The van der Waals surface area contributed by atoms with Crippen molar-refractivity contribution >= 4 is 28.6 Å². The molecule has 0 saturated carbocycles. The molecule has 24 heavy (non-hydrogen) atoms. The van der Waals surface area contributed by atoms with Gasteiger partial charge < -0.3 is 14.6 Å². The highest BCUT2D eigenvalue weighted by molar-refractivity contribution is 6.31. The van der Waals surface area contributed by atoms with Crippen molar-refractivity contribution in [3.8, 4) is 11.6 Å². The Morgan fingerprint density at radius 3 is 2.58 bits per heavy atom. The van der Waals surface area contributed by atoms with Gasteiger partial charge in [0.2, 0.25) is 5.88 Å². The number of aliphatic carboxylic acids is 1. The van der Waals surface area contributed by atoms with E-state index in [9.17, 15) is 9.90 Å². The zero-order valence-corrected chi connectivity index (χ0v) is 13.4. The van der Waals surface area contributed by atoms with E-state index >= 15 is 0 Å². The van der Waals surface area contributed by atoms with Crippen LogP contribution in [0.1, 0.15) is 6.92 Å². The van der Waals surface area contributed by atoms with Gasteiger partial charge in [-0.3, -0.25) is 0 Å². The number of carbonyl (C=O) groups is 1. The highest BCUT2D eigenvalue weighted by Crippen LogP contribution is 2.24. The fourth-order valence-corrected chi connectivity index (χ4v) is 2.20. The maximum Gasteiger partial charge on any atom is 0.390 e. The number of halogens is 1. The summed E-state index contributed by atoms with van der Waals surface area (Å²) in [6.07, 6.45) is 1.33. The Balaban J connectivity index is 1.90. The molecule has 3 aromatic rings. The van der Waals surface area contributed by atoms with E-state index in [1.54, 1.807) is 48.5 Å². The number of carboxylic acids is 1. The van der Waals surface area contributed by atoms with Crippen LogP contribution in [0, 0.1) is 0 Å². The van der Waals surface area contributed by atoms with E-state index in [0.717, 1.165) is 0 Å². The van der Waals surface area contributed by atoms with Crippen LogP contribution in [0.25, 0.3) is 11.0 Å². The summed E-state index contributed by atoms with van der Waals surface area (Å²) in [6, 6.07) is 13.5. The van der Waals surface area contributed by atoms with Gasteiger partial charge in [-0.15, -0.1) is 0 Å². The fourth-order valence-electron chi connectivity index (χ4n) is 2.04. The number of ether oxygens (including phenoxy) is 2. The summed E-state index contributed by atoms with van der Waals surface area (Å²) in [5, 5.41) is 10.0. The van der Waals surface area contributed by atoms with Crippen LogP contribution in [0.5, 0.6) is 11.6 Å². The van der Waals surface area contributed by atoms with Crippen LogP contribution in [0.15, 0.2) is 54.7 Å². The minimum absolute atomic E-state index is 0.0330. The summed E-state index contributed by atoms with van der Waals surface area (Å²) < 4.78 is 11.0. The predicted octanol–water partition coefficient (Wildman–Crippen LogP) is 3.54. The molecule has 0 aliphatic rings. The average Bonchev–Trinajstić information content (AvgIpc) is 2.55. The first-order chi connectivity index (χ1) is 11.5. The van der Waals surface area contributed by atoms with E-state index in [1.165, 1.54) is 13.1 Å². The molecule has 2 aromatic carbocycles. The first-order valence-electron chi connectivity index (χ1n) is 7.05. The molecule has 0 fully saturated rings. The summed E-state index contributed by atoms with van der Waals surface area (Å²) >= 11 is 5.90. The zero-order valence-electron chi connectivity index (χ0n) is 12.6. The Morgan fingerprint density at radius 1 is 1.12 bits per heavy atom.